The van der Waals surface area contributed by atoms with Crippen molar-refractivity contribution in [3.8, 4) is 0 Å². The molecular weight excluding hydrogens is 270 g/mol. The number of nitrogens with one attached hydrogen (secondary N) is 1. The Morgan fingerprint density at radius 3 is 2.53 bits per heavy atom. The molecule has 0 aliphatic heterocycles. The van der Waals surface area contributed by atoms with Crippen LogP contribution in [0.1, 0.15) is 19.8 Å². The summed E-state index contributed by atoms with van der Waals surface area (Å²) in [4.78, 5) is 36.2. The van der Waals surface area contributed by atoms with Crippen LogP contribution in [-0.4, -0.2) is 53.4 Å². The van der Waals surface area contributed by atoms with Crippen LogP contribution in [0.15, 0.2) is 0 Å². The van der Waals surface area contributed by atoms with E-state index < -0.39 is 17.8 Å². The van der Waals surface area contributed by atoms with Gasteiger partial charge in [-0.15, -0.1) is 0 Å². The van der Waals surface area contributed by atoms with Crippen molar-refractivity contribution < 1.29 is 19.1 Å². The lowest BCUT2D eigenvalue weighted by molar-refractivity contribution is -0.152. The highest BCUT2D eigenvalue weighted by molar-refractivity contribution is 7.80. The maximum Gasteiger partial charge on any atom is 0.325 e. The van der Waals surface area contributed by atoms with Gasteiger partial charge in [0.05, 0.1) is 18.1 Å². The van der Waals surface area contributed by atoms with Crippen molar-refractivity contribution in [2.45, 2.75) is 25.8 Å². The van der Waals surface area contributed by atoms with Crippen molar-refractivity contribution in [3.05, 3.63) is 0 Å². The number of esters is 1. The smallest absolute Gasteiger partial charge is 0.325 e. The highest BCUT2D eigenvalue weighted by Crippen LogP contribution is 2.26. The topological polar surface area (TPSA) is 102 Å². The number of amides is 2. The van der Waals surface area contributed by atoms with Crippen LogP contribution in [0.5, 0.6) is 0 Å². The van der Waals surface area contributed by atoms with Crippen molar-refractivity contribution in [3.63, 3.8) is 0 Å². The number of nitrogens with zero attached hydrogens (tertiary/aromatic N) is 1. The first kappa shape index (κ1) is 15.4. The lowest BCUT2D eigenvalue weighted by Crippen LogP contribution is -2.47. The lowest BCUT2D eigenvalue weighted by Gasteiger charge is -2.20. The van der Waals surface area contributed by atoms with Crippen LogP contribution < -0.4 is 11.1 Å². The zero-order chi connectivity index (χ0) is 14.4. The molecule has 2 amide bonds. The fourth-order valence-corrected chi connectivity index (χ4v) is 1.54. The first-order chi connectivity index (χ1) is 8.95. The third kappa shape index (κ3) is 5.21. The predicted molar refractivity (Wildman–Crippen MR) is 71.2 cm³/mol. The summed E-state index contributed by atoms with van der Waals surface area (Å²) in [6, 6.07) is -0.0625. The third-order valence-corrected chi connectivity index (χ3v) is 2.62. The molecule has 0 aromatic carbocycles. The molecule has 0 heterocycles. The largest absolute Gasteiger partial charge is 0.465 e. The minimum absolute atomic E-state index is 0.0438. The highest BCUT2D eigenvalue weighted by Gasteiger charge is 2.36. The molecule has 0 saturated heterocycles. The van der Waals surface area contributed by atoms with Crippen molar-refractivity contribution in [2.75, 3.05) is 19.7 Å². The van der Waals surface area contributed by atoms with E-state index in [-0.39, 0.29) is 30.7 Å². The molecule has 1 fully saturated rings. The van der Waals surface area contributed by atoms with Crippen molar-refractivity contribution >= 4 is 35.0 Å². The molecule has 1 aliphatic carbocycles. The fourth-order valence-electron chi connectivity index (χ4n) is 1.47. The minimum atomic E-state index is -0.816. The van der Waals surface area contributed by atoms with E-state index in [9.17, 15) is 14.4 Å². The van der Waals surface area contributed by atoms with Gasteiger partial charge in [0.2, 0.25) is 0 Å². The first-order valence-corrected chi connectivity index (χ1v) is 6.39. The second-order valence-electron chi connectivity index (χ2n) is 4.12. The monoisotopic (exact) mass is 287 g/mol. The quantitative estimate of drug-likeness (QED) is 0.367. The van der Waals surface area contributed by atoms with E-state index in [1.54, 1.807) is 6.92 Å². The zero-order valence-electron chi connectivity index (χ0n) is 10.7. The lowest BCUT2D eigenvalue weighted by atomic mass is 10.4. The number of hydrogen-bond donors (Lipinski definition) is 2. The number of carbonyl (C=O) groups excluding carboxylic acids is 3. The van der Waals surface area contributed by atoms with Crippen molar-refractivity contribution in [1.82, 2.24) is 10.2 Å². The molecule has 1 saturated carbocycles. The molecule has 0 atom stereocenters. The molecule has 3 N–H and O–H groups in total. The molecule has 0 aromatic heterocycles. The Morgan fingerprint density at radius 1 is 1.42 bits per heavy atom. The number of thiocarbonyl (C=S) groups is 1. The summed E-state index contributed by atoms with van der Waals surface area (Å²) >= 11 is 4.60. The summed E-state index contributed by atoms with van der Waals surface area (Å²) in [5, 5.41) is 2.30. The van der Waals surface area contributed by atoms with Crippen LogP contribution in [0, 0.1) is 0 Å². The van der Waals surface area contributed by atoms with Crippen LogP contribution >= 0.6 is 12.2 Å². The van der Waals surface area contributed by atoms with Gasteiger partial charge in [0.1, 0.15) is 6.54 Å². The summed E-state index contributed by atoms with van der Waals surface area (Å²) in [5.74, 6) is -2.10. The zero-order valence-corrected chi connectivity index (χ0v) is 11.5. The third-order valence-electron chi connectivity index (χ3n) is 2.47. The van der Waals surface area contributed by atoms with Gasteiger partial charge in [-0.3, -0.25) is 14.4 Å². The van der Waals surface area contributed by atoms with Crippen LogP contribution in [0.2, 0.25) is 0 Å². The van der Waals surface area contributed by atoms with Crippen LogP contribution in [0.25, 0.3) is 0 Å². The van der Waals surface area contributed by atoms with E-state index in [1.807, 2.05) is 0 Å². The predicted octanol–water partition coefficient (Wildman–Crippen LogP) is -1.06. The minimum Gasteiger partial charge on any atom is -0.465 e. The van der Waals surface area contributed by atoms with E-state index in [0.717, 1.165) is 12.8 Å². The number of rotatable bonds is 6. The standard InChI is InChI=1S/C11H17N3O4S/c1-2-18-9(15)6-14(7-3-4-7)11(17)10(16)13-5-8(12)19/h7H,2-6H2,1H3,(H2,12,19)(H,13,16). The molecule has 0 aromatic rings. The van der Waals surface area contributed by atoms with E-state index in [0.29, 0.717) is 0 Å². The molecule has 19 heavy (non-hydrogen) atoms. The van der Waals surface area contributed by atoms with Gasteiger partial charge >= 0.3 is 17.8 Å². The molecule has 8 heteroatoms. The molecule has 7 nitrogen and oxygen atoms in total. The molecule has 0 unspecified atom stereocenters. The maximum absolute atomic E-state index is 11.9. The van der Waals surface area contributed by atoms with Gasteiger partial charge in [-0.2, -0.15) is 0 Å². The van der Waals surface area contributed by atoms with Gasteiger partial charge in [0, 0.05) is 6.04 Å². The SMILES string of the molecule is CCOC(=O)CN(C(=O)C(=O)NCC(N)=S)C1CC1. The normalized spacial score (nSPS) is 13.5. The molecule has 0 bridgehead atoms. The van der Waals surface area contributed by atoms with E-state index >= 15 is 0 Å². The van der Waals surface area contributed by atoms with Gasteiger partial charge < -0.3 is 20.7 Å². The van der Waals surface area contributed by atoms with E-state index in [1.165, 1.54) is 4.90 Å². The number of carbonyl (C=O) groups is 3. The van der Waals surface area contributed by atoms with Crippen molar-refractivity contribution in [1.29, 1.82) is 0 Å². The Labute approximate surface area is 116 Å². The number of ether oxygens (including phenoxy) is 1. The summed E-state index contributed by atoms with van der Waals surface area (Å²) in [6.45, 7) is 1.66. The maximum atomic E-state index is 11.9. The number of hydrogen-bond acceptors (Lipinski definition) is 5. The Morgan fingerprint density at radius 2 is 2.05 bits per heavy atom. The molecular formula is C11H17N3O4S. The Balaban J connectivity index is 2.55. The Hall–Kier alpha value is -1.70. The Bertz CT molecular complexity index is 395. The first-order valence-electron chi connectivity index (χ1n) is 5.98. The Kier molecular flexibility index (Phi) is 5.68. The average molecular weight is 287 g/mol. The fraction of sp³-hybridized carbons (Fsp3) is 0.636. The van der Waals surface area contributed by atoms with Crippen LogP contribution in [0.4, 0.5) is 0 Å². The van der Waals surface area contributed by atoms with Gasteiger partial charge in [0.25, 0.3) is 0 Å². The highest BCUT2D eigenvalue weighted by atomic mass is 32.1. The van der Waals surface area contributed by atoms with E-state index in [2.05, 4.69) is 17.5 Å². The van der Waals surface area contributed by atoms with Gasteiger partial charge in [-0.25, -0.2) is 0 Å². The van der Waals surface area contributed by atoms with Gasteiger partial charge in [-0.1, -0.05) is 12.2 Å². The summed E-state index contributed by atoms with van der Waals surface area (Å²) in [5.41, 5.74) is 5.23. The summed E-state index contributed by atoms with van der Waals surface area (Å²) in [7, 11) is 0. The molecule has 0 radical (unpaired) electrons. The molecule has 1 rings (SSSR count). The van der Waals surface area contributed by atoms with Crippen molar-refractivity contribution in [2.24, 2.45) is 5.73 Å². The molecule has 1 aliphatic rings. The second kappa shape index (κ2) is 7.03. The van der Waals surface area contributed by atoms with Gasteiger partial charge in [0.15, 0.2) is 0 Å². The summed E-state index contributed by atoms with van der Waals surface area (Å²) < 4.78 is 4.77. The van der Waals surface area contributed by atoms with Gasteiger partial charge in [-0.05, 0) is 19.8 Å². The van der Waals surface area contributed by atoms with Crippen LogP contribution in [-0.2, 0) is 19.1 Å². The molecule has 0 spiro atoms. The summed E-state index contributed by atoms with van der Waals surface area (Å²) in [6.07, 6.45) is 1.57. The van der Waals surface area contributed by atoms with E-state index in [4.69, 9.17) is 10.5 Å². The second-order valence-corrected chi connectivity index (χ2v) is 4.64. The number of nitrogens with two attached hydrogens (primary N) is 1. The average Bonchev–Trinajstić information content (AvgIpc) is 3.16. The molecule has 106 valence electrons. The van der Waals surface area contributed by atoms with Crippen LogP contribution in [0.3, 0.4) is 0 Å².